The number of amides is 2. The number of fused-ring (bicyclic) bond motifs is 5. The van der Waals surface area contributed by atoms with Gasteiger partial charge in [0.15, 0.2) is 0 Å². The normalized spacial score (nSPS) is 15.0. The molecule has 2 aliphatic heterocycles. The zero-order chi connectivity index (χ0) is 39.0. The molecule has 3 heterocycles. The van der Waals surface area contributed by atoms with E-state index in [9.17, 15) is 9.59 Å². The van der Waals surface area contributed by atoms with Crippen molar-refractivity contribution in [1.82, 2.24) is 35.0 Å². The second-order valence-corrected chi connectivity index (χ2v) is 15.7. The van der Waals surface area contributed by atoms with E-state index in [-0.39, 0.29) is 26.1 Å². The molecule has 0 unspecified atom stereocenters. The van der Waals surface area contributed by atoms with E-state index in [1.54, 1.807) is 0 Å². The van der Waals surface area contributed by atoms with Crippen molar-refractivity contribution in [3.8, 4) is 22.5 Å². The van der Waals surface area contributed by atoms with Crippen LogP contribution in [0.4, 0.5) is 5.69 Å². The fourth-order valence-electron chi connectivity index (χ4n) is 7.31. The lowest BCUT2D eigenvalue weighted by molar-refractivity contribution is -0.125. The minimum Gasteiger partial charge on any atom is -0.379 e. The van der Waals surface area contributed by atoms with Gasteiger partial charge in [-0.2, -0.15) is 0 Å². The van der Waals surface area contributed by atoms with Crippen molar-refractivity contribution in [1.29, 1.82) is 0 Å². The molecule has 2 aromatic carbocycles. The van der Waals surface area contributed by atoms with Crippen molar-refractivity contribution in [2.24, 2.45) is 5.41 Å². The third-order valence-electron chi connectivity index (χ3n) is 11.5. The molecule has 5 rings (SSSR count). The van der Waals surface area contributed by atoms with E-state index in [2.05, 4.69) is 76.9 Å². The monoisotopic (exact) mass is 761 g/mol. The van der Waals surface area contributed by atoms with Crippen LogP contribution in [0.2, 0.25) is 0 Å². The Kier molecular flexibility index (Phi) is 16.7. The minimum absolute atomic E-state index is 0. The highest BCUT2D eigenvalue weighted by molar-refractivity contribution is 6.01. The third-order valence-corrected chi connectivity index (χ3v) is 11.5. The molecule has 1 saturated heterocycles. The van der Waals surface area contributed by atoms with Crippen molar-refractivity contribution >= 4 is 17.5 Å². The summed E-state index contributed by atoms with van der Waals surface area (Å²) in [6.45, 7) is 18.5. The molecule has 0 saturated carbocycles. The van der Waals surface area contributed by atoms with Crippen LogP contribution in [0.5, 0.6) is 0 Å². The summed E-state index contributed by atoms with van der Waals surface area (Å²) in [4.78, 5) is 35.9. The molecule has 55 heavy (non-hydrogen) atoms. The highest BCUT2D eigenvalue weighted by Gasteiger charge is 2.29. The topological polar surface area (TPSA) is 108 Å². The number of anilines is 1. The van der Waals surface area contributed by atoms with E-state index in [0.717, 1.165) is 118 Å². The molecular weight excluding hydrogens is 693 g/mol. The number of hydrogen-bond donors (Lipinski definition) is 1. The summed E-state index contributed by atoms with van der Waals surface area (Å²) in [5, 5.41) is 12.4. The molecule has 12 nitrogen and oxygen atoms in total. The maximum atomic E-state index is 13.9. The summed E-state index contributed by atoms with van der Waals surface area (Å²) < 4.78 is 13.5. The summed E-state index contributed by atoms with van der Waals surface area (Å²) in [5.41, 5.74) is 5.83. The molecule has 0 bridgehead atoms. The number of benzene rings is 2. The van der Waals surface area contributed by atoms with E-state index < -0.39 is 0 Å². The van der Waals surface area contributed by atoms with Crippen LogP contribution in [0.1, 0.15) is 72.7 Å². The maximum Gasteiger partial charge on any atom is 0.227 e. The van der Waals surface area contributed by atoms with Crippen LogP contribution in [0.3, 0.4) is 0 Å². The van der Waals surface area contributed by atoms with Crippen molar-refractivity contribution in [3.05, 3.63) is 54.1 Å². The van der Waals surface area contributed by atoms with Crippen molar-refractivity contribution < 1.29 is 20.5 Å². The van der Waals surface area contributed by atoms with Gasteiger partial charge in [-0.3, -0.25) is 14.5 Å². The lowest BCUT2D eigenvalue weighted by atomic mass is 9.82. The molecule has 1 aromatic heterocycles. The maximum absolute atomic E-state index is 13.9. The van der Waals surface area contributed by atoms with Crippen molar-refractivity contribution in [3.63, 3.8) is 0 Å². The Hall–Kier alpha value is -3.68. The SMILES string of the molecule is CCC(C)(CC)CCOCCOCCCNC(=O)CCC(=O)N1Cc2ccccc2-c2c(nnn2CCCN2CCN(CCN(C)C)CC2)-c2ccccc21.[HH]. The van der Waals surface area contributed by atoms with Crippen LogP contribution in [0.25, 0.3) is 22.5 Å². The molecule has 1 N–H and O–H groups in total. The van der Waals surface area contributed by atoms with Crippen molar-refractivity contribution in [2.45, 2.75) is 78.8 Å². The average Bonchev–Trinajstić information content (AvgIpc) is 3.61. The molecule has 12 heteroatoms. The molecule has 0 aliphatic carbocycles. The second kappa shape index (κ2) is 21.6. The number of para-hydroxylation sites is 1. The molecule has 1 fully saturated rings. The third kappa shape index (κ3) is 12.4. The summed E-state index contributed by atoms with van der Waals surface area (Å²) in [7, 11) is 4.27. The highest BCUT2D eigenvalue weighted by Crippen LogP contribution is 2.41. The lowest BCUT2D eigenvalue weighted by Gasteiger charge is -2.35. The van der Waals surface area contributed by atoms with Gasteiger partial charge in [-0.15, -0.1) is 5.10 Å². The van der Waals surface area contributed by atoms with Crippen LogP contribution >= 0.6 is 0 Å². The number of carbonyl (C=O) groups excluding carboxylic acids is 2. The molecule has 2 amide bonds. The summed E-state index contributed by atoms with van der Waals surface area (Å²) in [6.07, 6.45) is 5.29. The van der Waals surface area contributed by atoms with Gasteiger partial charge in [0, 0.05) is 97.5 Å². The number of carbonyl (C=O) groups is 2. The van der Waals surface area contributed by atoms with Gasteiger partial charge in [-0.05, 0) is 50.4 Å². The number of aromatic nitrogens is 3. The van der Waals surface area contributed by atoms with Gasteiger partial charge in [0.1, 0.15) is 5.69 Å². The Morgan fingerprint density at radius 1 is 0.836 bits per heavy atom. The zero-order valence-corrected chi connectivity index (χ0v) is 34.2. The Bertz CT molecular complexity index is 1640. The van der Waals surface area contributed by atoms with Gasteiger partial charge in [-0.25, -0.2) is 4.68 Å². The largest absolute Gasteiger partial charge is 0.379 e. The van der Waals surface area contributed by atoms with Crippen LogP contribution in [0, 0.1) is 5.41 Å². The summed E-state index contributed by atoms with van der Waals surface area (Å²) in [5.74, 6) is -0.236. The second-order valence-electron chi connectivity index (χ2n) is 15.7. The van der Waals surface area contributed by atoms with E-state index in [1.807, 2.05) is 41.3 Å². The molecule has 0 atom stereocenters. The van der Waals surface area contributed by atoms with E-state index in [4.69, 9.17) is 14.6 Å². The highest BCUT2D eigenvalue weighted by atomic mass is 16.5. The fraction of sp³-hybridized carbons (Fsp3) is 0.628. The molecular formula is C43H68N8O4. The van der Waals surface area contributed by atoms with E-state index in [0.29, 0.717) is 44.7 Å². The first-order chi connectivity index (χ1) is 26.7. The predicted octanol–water partition coefficient (Wildman–Crippen LogP) is 5.81. The minimum atomic E-state index is -0.135. The van der Waals surface area contributed by atoms with Crippen LogP contribution in [-0.4, -0.2) is 134 Å². The van der Waals surface area contributed by atoms with Crippen LogP contribution < -0.4 is 10.2 Å². The molecule has 0 spiro atoms. The smallest absolute Gasteiger partial charge is 0.227 e. The predicted molar refractivity (Wildman–Crippen MR) is 222 cm³/mol. The van der Waals surface area contributed by atoms with Gasteiger partial charge in [0.05, 0.1) is 31.1 Å². The first-order valence-electron chi connectivity index (χ1n) is 20.6. The Morgan fingerprint density at radius 2 is 1.51 bits per heavy atom. The molecule has 2 aliphatic rings. The fourth-order valence-corrected chi connectivity index (χ4v) is 7.31. The summed E-state index contributed by atoms with van der Waals surface area (Å²) in [6, 6.07) is 16.2. The number of likely N-dealkylation sites (N-methyl/N-ethyl adjacent to an activating group) is 1. The van der Waals surface area contributed by atoms with Crippen LogP contribution in [-0.2, 0) is 32.2 Å². The van der Waals surface area contributed by atoms with Crippen molar-refractivity contribution in [2.75, 3.05) is 97.8 Å². The van der Waals surface area contributed by atoms with Crippen LogP contribution in [0.15, 0.2) is 48.5 Å². The lowest BCUT2D eigenvalue weighted by Crippen LogP contribution is -2.48. The summed E-state index contributed by atoms with van der Waals surface area (Å²) >= 11 is 0. The number of aryl methyl sites for hydroxylation is 1. The Morgan fingerprint density at radius 3 is 2.24 bits per heavy atom. The first-order valence-corrected chi connectivity index (χ1v) is 20.6. The van der Waals surface area contributed by atoms with Gasteiger partial charge < -0.3 is 29.5 Å². The zero-order valence-electron chi connectivity index (χ0n) is 34.2. The number of hydrogen-bond acceptors (Lipinski definition) is 9. The number of nitrogens with one attached hydrogen (secondary N) is 1. The number of rotatable bonds is 22. The Balaban J connectivity index is 0.00000696. The molecule has 304 valence electrons. The molecule has 3 aromatic rings. The first kappa shape index (κ1) is 42.5. The van der Waals surface area contributed by atoms with Gasteiger partial charge in [0.25, 0.3) is 0 Å². The standard InChI is InChI=1S/C43H66N8O4.H2/c1-6-43(3,7-2)20-31-55-33-32-54-30-12-21-44-39(52)18-19-40(53)50-34-35-14-8-9-15-36(35)42-41(37-16-10-11-17-38(37)50)45-46-51(42)23-13-22-48-26-28-49(29-27-48)25-24-47(4)5;/h8-11,14-17H,6-7,12-13,18-34H2,1-5H3,(H,44,52);1H. The van der Waals surface area contributed by atoms with Gasteiger partial charge >= 0.3 is 0 Å². The quantitative estimate of drug-likeness (QED) is 0.127. The van der Waals surface area contributed by atoms with E-state index in [1.165, 1.54) is 0 Å². The number of piperazine rings is 1. The number of ether oxygens (including phenoxy) is 2. The van der Waals surface area contributed by atoms with Gasteiger partial charge in [0.2, 0.25) is 11.8 Å². The number of nitrogens with zero attached hydrogens (tertiary/aromatic N) is 7. The van der Waals surface area contributed by atoms with E-state index >= 15 is 0 Å². The van der Waals surface area contributed by atoms with Gasteiger partial charge in [-0.1, -0.05) is 81.3 Å². The molecule has 0 radical (unpaired) electrons. The Labute approximate surface area is 331 Å². The average molecular weight is 761 g/mol.